The van der Waals surface area contributed by atoms with Gasteiger partial charge < -0.3 is 5.32 Å². The quantitative estimate of drug-likeness (QED) is 0.741. The molecule has 0 saturated carbocycles. The van der Waals surface area contributed by atoms with E-state index in [1.54, 1.807) is 6.07 Å². The van der Waals surface area contributed by atoms with Crippen LogP contribution in [0.25, 0.3) is 0 Å². The third kappa shape index (κ3) is 4.69. The van der Waals surface area contributed by atoms with Gasteiger partial charge in [-0.25, -0.2) is 4.39 Å². The first kappa shape index (κ1) is 15.6. The van der Waals surface area contributed by atoms with Gasteiger partial charge in [-0.05, 0) is 40.9 Å². The summed E-state index contributed by atoms with van der Waals surface area (Å²) < 4.78 is 14.6. The topological polar surface area (TPSA) is 12.0 Å². The Morgan fingerprint density at radius 2 is 2.00 bits per heavy atom. The fourth-order valence-electron chi connectivity index (χ4n) is 2.13. The fourth-order valence-corrected chi connectivity index (χ4v) is 2.52. The van der Waals surface area contributed by atoms with E-state index in [-0.39, 0.29) is 11.9 Å². The normalized spacial score (nSPS) is 13.0. The van der Waals surface area contributed by atoms with Crippen LogP contribution in [0.1, 0.15) is 51.6 Å². The molecular weight excluding hydrogens is 293 g/mol. The highest BCUT2D eigenvalue weighted by atomic mass is 79.9. The zero-order chi connectivity index (χ0) is 13.5. The summed E-state index contributed by atoms with van der Waals surface area (Å²) in [6.07, 6.45) is 3.30. The number of hydrogen-bond acceptors (Lipinski definition) is 1. The molecule has 3 heteroatoms. The molecule has 0 aliphatic rings. The first-order valence-corrected chi connectivity index (χ1v) is 7.52. The molecule has 102 valence electrons. The Bertz CT molecular complexity index is 366. The van der Waals surface area contributed by atoms with Gasteiger partial charge in [-0.15, -0.1) is 0 Å². The van der Waals surface area contributed by atoms with Gasteiger partial charge in [-0.3, -0.25) is 0 Å². The standard InChI is InChI=1S/C15H23BrFN/c1-4-18-14(10-5-7-11(2)3)12-8-6-9-13(16)15(12)17/h6,8-9,11,14,18H,4-5,7,10H2,1-3H3. The minimum absolute atomic E-state index is 0.117. The van der Waals surface area contributed by atoms with Crippen LogP contribution in [0.5, 0.6) is 0 Å². The number of halogens is 2. The lowest BCUT2D eigenvalue weighted by atomic mass is 9.97. The first-order chi connectivity index (χ1) is 8.56. The van der Waals surface area contributed by atoms with E-state index in [0.717, 1.165) is 24.9 Å². The maximum absolute atomic E-state index is 14.1. The molecule has 0 spiro atoms. The highest BCUT2D eigenvalue weighted by Gasteiger charge is 2.16. The van der Waals surface area contributed by atoms with Crippen molar-refractivity contribution >= 4 is 15.9 Å². The van der Waals surface area contributed by atoms with Crippen molar-refractivity contribution < 1.29 is 4.39 Å². The summed E-state index contributed by atoms with van der Waals surface area (Å²) in [4.78, 5) is 0. The maximum Gasteiger partial charge on any atom is 0.142 e. The van der Waals surface area contributed by atoms with E-state index in [0.29, 0.717) is 10.4 Å². The Morgan fingerprint density at radius 1 is 1.28 bits per heavy atom. The molecule has 0 bridgehead atoms. The third-order valence-electron chi connectivity index (χ3n) is 3.08. The molecular formula is C15H23BrFN. The molecule has 1 aromatic rings. The fraction of sp³-hybridized carbons (Fsp3) is 0.600. The van der Waals surface area contributed by atoms with Crippen LogP contribution < -0.4 is 5.32 Å². The van der Waals surface area contributed by atoms with Crippen molar-refractivity contribution in [2.45, 2.75) is 46.1 Å². The molecule has 1 unspecified atom stereocenters. The molecule has 0 aliphatic heterocycles. The lowest BCUT2D eigenvalue weighted by Crippen LogP contribution is -2.22. The van der Waals surface area contributed by atoms with Gasteiger partial charge >= 0.3 is 0 Å². The van der Waals surface area contributed by atoms with E-state index in [1.807, 2.05) is 12.1 Å². The Balaban J connectivity index is 2.74. The van der Waals surface area contributed by atoms with Crippen LogP contribution in [-0.4, -0.2) is 6.54 Å². The molecule has 1 rings (SSSR count). The van der Waals surface area contributed by atoms with Crippen molar-refractivity contribution in [3.05, 3.63) is 34.1 Å². The number of benzene rings is 1. The number of nitrogens with one attached hydrogen (secondary N) is 1. The summed E-state index contributed by atoms with van der Waals surface area (Å²) in [5.41, 5.74) is 0.773. The molecule has 0 saturated heterocycles. The third-order valence-corrected chi connectivity index (χ3v) is 3.69. The molecule has 1 atom stereocenters. The second kappa shape index (κ2) is 7.90. The molecule has 0 radical (unpaired) electrons. The summed E-state index contributed by atoms with van der Waals surface area (Å²) in [6.45, 7) is 7.37. The molecule has 0 fully saturated rings. The van der Waals surface area contributed by atoms with E-state index in [1.165, 1.54) is 6.42 Å². The van der Waals surface area contributed by atoms with Crippen LogP contribution >= 0.6 is 15.9 Å². The summed E-state index contributed by atoms with van der Waals surface area (Å²) in [5.74, 6) is 0.577. The van der Waals surface area contributed by atoms with Gasteiger partial charge in [0, 0.05) is 11.6 Å². The average Bonchev–Trinajstić information content (AvgIpc) is 2.31. The lowest BCUT2D eigenvalue weighted by Gasteiger charge is -2.20. The maximum atomic E-state index is 14.1. The monoisotopic (exact) mass is 315 g/mol. The van der Waals surface area contributed by atoms with Gasteiger partial charge in [0.25, 0.3) is 0 Å². The van der Waals surface area contributed by atoms with Gasteiger partial charge in [0.2, 0.25) is 0 Å². The SMILES string of the molecule is CCNC(CCCC(C)C)c1cccc(Br)c1F. The molecule has 1 N–H and O–H groups in total. The molecule has 0 amide bonds. The van der Waals surface area contributed by atoms with Gasteiger partial charge in [0.15, 0.2) is 0 Å². The van der Waals surface area contributed by atoms with Crippen molar-refractivity contribution in [1.82, 2.24) is 5.32 Å². The lowest BCUT2D eigenvalue weighted by molar-refractivity contribution is 0.440. The van der Waals surface area contributed by atoms with Crippen molar-refractivity contribution in [1.29, 1.82) is 0 Å². The Kier molecular flexibility index (Phi) is 6.87. The zero-order valence-corrected chi connectivity index (χ0v) is 13.1. The second-order valence-electron chi connectivity index (χ2n) is 5.08. The molecule has 1 aromatic carbocycles. The number of rotatable bonds is 7. The van der Waals surface area contributed by atoms with Crippen molar-refractivity contribution in [2.24, 2.45) is 5.92 Å². The minimum Gasteiger partial charge on any atom is -0.310 e. The van der Waals surface area contributed by atoms with Gasteiger partial charge in [-0.2, -0.15) is 0 Å². The van der Waals surface area contributed by atoms with E-state index in [9.17, 15) is 4.39 Å². The van der Waals surface area contributed by atoms with Gasteiger partial charge in [0.1, 0.15) is 5.82 Å². The second-order valence-corrected chi connectivity index (χ2v) is 5.93. The van der Waals surface area contributed by atoms with Crippen LogP contribution in [-0.2, 0) is 0 Å². The average molecular weight is 316 g/mol. The van der Waals surface area contributed by atoms with Crippen molar-refractivity contribution in [3.8, 4) is 0 Å². The van der Waals surface area contributed by atoms with Crippen molar-refractivity contribution in [3.63, 3.8) is 0 Å². The minimum atomic E-state index is -0.131. The Hall–Kier alpha value is -0.410. The summed E-state index contributed by atoms with van der Waals surface area (Å²) in [5, 5.41) is 3.38. The molecule has 0 aromatic heterocycles. The summed E-state index contributed by atoms with van der Waals surface area (Å²) >= 11 is 3.25. The molecule has 0 heterocycles. The summed E-state index contributed by atoms with van der Waals surface area (Å²) in [7, 11) is 0. The predicted octanol–water partition coefficient (Wildman–Crippen LogP) is 5.07. The van der Waals surface area contributed by atoms with Gasteiger partial charge in [-0.1, -0.05) is 45.7 Å². The Morgan fingerprint density at radius 3 is 2.61 bits per heavy atom. The van der Waals surface area contributed by atoms with E-state index < -0.39 is 0 Å². The molecule has 1 nitrogen and oxygen atoms in total. The van der Waals surface area contributed by atoms with Gasteiger partial charge in [0.05, 0.1) is 4.47 Å². The van der Waals surface area contributed by atoms with Crippen LogP contribution in [0.3, 0.4) is 0 Å². The largest absolute Gasteiger partial charge is 0.310 e. The van der Waals surface area contributed by atoms with E-state index in [4.69, 9.17) is 0 Å². The predicted molar refractivity (Wildman–Crippen MR) is 79.2 cm³/mol. The zero-order valence-electron chi connectivity index (χ0n) is 11.5. The smallest absolute Gasteiger partial charge is 0.142 e. The Labute approximate surface area is 118 Å². The van der Waals surface area contributed by atoms with Crippen LogP contribution in [0.15, 0.2) is 22.7 Å². The first-order valence-electron chi connectivity index (χ1n) is 6.73. The van der Waals surface area contributed by atoms with Crippen LogP contribution in [0.4, 0.5) is 4.39 Å². The van der Waals surface area contributed by atoms with Crippen LogP contribution in [0, 0.1) is 11.7 Å². The highest BCUT2D eigenvalue weighted by molar-refractivity contribution is 9.10. The molecule has 18 heavy (non-hydrogen) atoms. The highest BCUT2D eigenvalue weighted by Crippen LogP contribution is 2.27. The van der Waals surface area contributed by atoms with Crippen molar-refractivity contribution in [2.75, 3.05) is 6.54 Å². The number of hydrogen-bond donors (Lipinski definition) is 1. The van der Waals surface area contributed by atoms with Crippen LogP contribution in [0.2, 0.25) is 0 Å². The summed E-state index contributed by atoms with van der Waals surface area (Å²) in [6, 6.07) is 5.64. The molecule has 0 aliphatic carbocycles. The van der Waals surface area contributed by atoms with E-state index in [2.05, 4.69) is 42.0 Å². The van der Waals surface area contributed by atoms with E-state index >= 15 is 0 Å².